The minimum Gasteiger partial charge on any atom is -0.460 e. The number of ether oxygens (including phenoxy) is 1. The summed E-state index contributed by atoms with van der Waals surface area (Å²) in [5.74, 6) is 0.380. The van der Waals surface area contributed by atoms with Crippen molar-refractivity contribution in [3.8, 4) is 6.07 Å². The zero-order valence-electron chi connectivity index (χ0n) is 14.6. The molecule has 1 N–H and O–H groups in total. The molecule has 1 saturated heterocycles. The van der Waals surface area contributed by atoms with Gasteiger partial charge in [-0.05, 0) is 37.0 Å². The third-order valence-electron chi connectivity index (χ3n) is 4.41. The number of rotatable bonds is 6. The Bertz CT molecular complexity index is 773. The summed E-state index contributed by atoms with van der Waals surface area (Å²) < 4.78 is 5.32. The number of piperidine rings is 1. The van der Waals surface area contributed by atoms with E-state index in [0.29, 0.717) is 11.4 Å². The Kier molecular flexibility index (Phi) is 6.18. The van der Waals surface area contributed by atoms with Crippen molar-refractivity contribution in [2.24, 2.45) is 0 Å². The van der Waals surface area contributed by atoms with Crippen LogP contribution in [0.2, 0.25) is 0 Å². The van der Waals surface area contributed by atoms with Gasteiger partial charge in [0.1, 0.15) is 18.5 Å². The first-order chi connectivity index (χ1) is 12.8. The molecule has 26 heavy (non-hydrogen) atoms. The van der Waals surface area contributed by atoms with Gasteiger partial charge in [-0.2, -0.15) is 5.26 Å². The van der Waals surface area contributed by atoms with Crippen LogP contribution in [-0.4, -0.2) is 30.2 Å². The molecule has 1 aromatic carbocycles. The molecule has 0 amide bonds. The van der Waals surface area contributed by atoms with Crippen molar-refractivity contribution in [2.45, 2.75) is 32.0 Å². The van der Waals surface area contributed by atoms with E-state index in [9.17, 15) is 10.1 Å². The molecule has 1 aromatic heterocycles. The maximum absolute atomic E-state index is 12.1. The van der Waals surface area contributed by atoms with Gasteiger partial charge in [-0.3, -0.25) is 10.1 Å². The molecule has 0 saturated carbocycles. The number of carbonyl (C=O) groups excluding carboxylic acids is 1. The molecule has 1 aliphatic rings. The lowest BCUT2D eigenvalue weighted by atomic mass is 10.1. The molecule has 2 aromatic rings. The molecule has 1 aliphatic heterocycles. The Labute approximate surface area is 153 Å². The fourth-order valence-electron chi connectivity index (χ4n) is 3.10. The first-order valence-electron chi connectivity index (χ1n) is 8.82. The summed E-state index contributed by atoms with van der Waals surface area (Å²) in [6, 6.07) is 15.3. The zero-order valence-corrected chi connectivity index (χ0v) is 14.6. The second kappa shape index (κ2) is 8.97. The van der Waals surface area contributed by atoms with E-state index in [0.717, 1.165) is 31.4 Å². The summed E-state index contributed by atoms with van der Waals surface area (Å²) in [6.45, 7) is 1.21. The molecule has 0 radical (unpaired) electrons. The third-order valence-corrected chi connectivity index (χ3v) is 4.41. The van der Waals surface area contributed by atoms with Crippen LogP contribution in [0.4, 0.5) is 5.82 Å². The Morgan fingerprint density at radius 3 is 2.92 bits per heavy atom. The van der Waals surface area contributed by atoms with E-state index < -0.39 is 0 Å². The number of nitrogens with one attached hydrogen (secondary N) is 1. The van der Waals surface area contributed by atoms with Crippen molar-refractivity contribution >= 4 is 11.8 Å². The second-order valence-corrected chi connectivity index (χ2v) is 6.22. The molecule has 1 unspecified atom stereocenters. The van der Waals surface area contributed by atoms with Gasteiger partial charge in [-0.15, -0.1) is 0 Å². The standard InChI is InChI=1S/C20H22N4O2/c21-13-17-9-6-11-22-20(17)24-12-5-4-10-18(24)23-14-19(25)26-15-16-7-2-1-3-8-16/h1-3,6-9,11,18,23H,4-5,10,12,14-15H2. The van der Waals surface area contributed by atoms with Gasteiger partial charge < -0.3 is 9.64 Å². The number of carbonyl (C=O) groups is 1. The summed E-state index contributed by atoms with van der Waals surface area (Å²) in [5.41, 5.74) is 1.51. The second-order valence-electron chi connectivity index (χ2n) is 6.22. The Hall–Kier alpha value is -2.91. The highest BCUT2D eigenvalue weighted by Crippen LogP contribution is 2.24. The molecule has 6 heteroatoms. The maximum Gasteiger partial charge on any atom is 0.320 e. The van der Waals surface area contributed by atoms with Crippen molar-refractivity contribution in [3.63, 3.8) is 0 Å². The van der Waals surface area contributed by atoms with Crippen LogP contribution in [0, 0.1) is 11.3 Å². The zero-order chi connectivity index (χ0) is 18.2. The number of hydrogen-bond donors (Lipinski definition) is 1. The van der Waals surface area contributed by atoms with Crippen molar-refractivity contribution in [1.82, 2.24) is 10.3 Å². The van der Waals surface area contributed by atoms with Crippen LogP contribution in [0.15, 0.2) is 48.7 Å². The Morgan fingerprint density at radius 2 is 2.12 bits per heavy atom. The number of anilines is 1. The number of nitrogens with zero attached hydrogens (tertiary/aromatic N) is 3. The molecule has 1 fully saturated rings. The fourth-order valence-corrected chi connectivity index (χ4v) is 3.10. The summed E-state index contributed by atoms with van der Waals surface area (Å²) >= 11 is 0. The first kappa shape index (κ1) is 17.9. The number of hydrogen-bond acceptors (Lipinski definition) is 6. The highest BCUT2D eigenvalue weighted by Gasteiger charge is 2.25. The topological polar surface area (TPSA) is 78.3 Å². The van der Waals surface area contributed by atoms with Crippen LogP contribution >= 0.6 is 0 Å². The lowest BCUT2D eigenvalue weighted by Crippen LogP contribution is -2.51. The monoisotopic (exact) mass is 350 g/mol. The fraction of sp³-hybridized carbons (Fsp3) is 0.350. The highest BCUT2D eigenvalue weighted by molar-refractivity contribution is 5.71. The van der Waals surface area contributed by atoms with E-state index in [1.807, 2.05) is 30.3 Å². The number of pyridine rings is 1. The van der Waals surface area contributed by atoms with Gasteiger partial charge >= 0.3 is 5.97 Å². The van der Waals surface area contributed by atoms with Gasteiger partial charge in [0.25, 0.3) is 0 Å². The smallest absolute Gasteiger partial charge is 0.320 e. The molecule has 0 spiro atoms. The van der Waals surface area contributed by atoms with Crippen LogP contribution in [0.25, 0.3) is 0 Å². The third kappa shape index (κ3) is 4.58. The van der Waals surface area contributed by atoms with Gasteiger partial charge in [-0.25, -0.2) is 4.98 Å². The van der Waals surface area contributed by atoms with E-state index >= 15 is 0 Å². The maximum atomic E-state index is 12.1. The predicted molar refractivity (Wildman–Crippen MR) is 98.2 cm³/mol. The quantitative estimate of drug-likeness (QED) is 0.807. The van der Waals surface area contributed by atoms with Crippen LogP contribution in [0.3, 0.4) is 0 Å². The molecule has 3 rings (SSSR count). The predicted octanol–water partition coefficient (Wildman–Crippen LogP) is 2.60. The number of aromatic nitrogens is 1. The SMILES string of the molecule is N#Cc1cccnc1N1CCCCC1NCC(=O)OCc1ccccc1. The molecule has 0 aliphatic carbocycles. The van der Waals surface area contributed by atoms with Crippen molar-refractivity contribution in [3.05, 3.63) is 59.8 Å². The minimum absolute atomic E-state index is 0.0324. The summed E-state index contributed by atoms with van der Waals surface area (Å²) in [5, 5.41) is 12.6. The molecular weight excluding hydrogens is 328 g/mol. The van der Waals surface area contributed by atoms with Gasteiger partial charge in [0, 0.05) is 12.7 Å². The van der Waals surface area contributed by atoms with E-state index in [-0.39, 0.29) is 25.3 Å². The molecule has 2 heterocycles. The number of nitriles is 1. The molecular formula is C20H22N4O2. The molecule has 134 valence electrons. The van der Waals surface area contributed by atoms with Crippen LogP contribution < -0.4 is 10.2 Å². The Balaban J connectivity index is 1.57. The number of esters is 1. The van der Waals surface area contributed by atoms with Gasteiger partial charge in [0.15, 0.2) is 0 Å². The van der Waals surface area contributed by atoms with E-state index in [2.05, 4.69) is 21.3 Å². The van der Waals surface area contributed by atoms with Gasteiger partial charge in [0.2, 0.25) is 0 Å². The lowest BCUT2D eigenvalue weighted by Gasteiger charge is -2.37. The number of benzene rings is 1. The van der Waals surface area contributed by atoms with Crippen molar-refractivity contribution in [2.75, 3.05) is 18.0 Å². The van der Waals surface area contributed by atoms with Gasteiger partial charge in [-0.1, -0.05) is 30.3 Å². The van der Waals surface area contributed by atoms with Crippen molar-refractivity contribution in [1.29, 1.82) is 5.26 Å². The average molecular weight is 350 g/mol. The normalized spacial score (nSPS) is 16.7. The van der Waals surface area contributed by atoms with Crippen LogP contribution in [-0.2, 0) is 16.1 Å². The lowest BCUT2D eigenvalue weighted by molar-refractivity contribution is -0.144. The summed E-state index contributed by atoms with van der Waals surface area (Å²) in [7, 11) is 0. The highest BCUT2D eigenvalue weighted by atomic mass is 16.5. The molecule has 0 bridgehead atoms. The average Bonchev–Trinajstić information content (AvgIpc) is 2.71. The van der Waals surface area contributed by atoms with Gasteiger partial charge in [0.05, 0.1) is 18.3 Å². The first-order valence-corrected chi connectivity index (χ1v) is 8.82. The molecule has 1 atom stereocenters. The van der Waals surface area contributed by atoms with Crippen molar-refractivity contribution < 1.29 is 9.53 Å². The molecule has 6 nitrogen and oxygen atoms in total. The Morgan fingerprint density at radius 1 is 1.27 bits per heavy atom. The largest absolute Gasteiger partial charge is 0.460 e. The van der Waals surface area contributed by atoms with E-state index in [1.54, 1.807) is 18.3 Å². The summed E-state index contributed by atoms with van der Waals surface area (Å²) in [6.07, 6.45) is 4.67. The van der Waals surface area contributed by atoms with E-state index in [4.69, 9.17) is 4.74 Å². The minimum atomic E-state index is -0.291. The van der Waals surface area contributed by atoms with Crippen LogP contribution in [0.1, 0.15) is 30.4 Å². The summed E-state index contributed by atoms with van der Waals surface area (Å²) in [4.78, 5) is 18.5. The van der Waals surface area contributed by atoms with E-state index in [1.165, 1.54) is 0 Å². The van der Waals surface area contributed by atoms with Crippen LogP contribution in [0.5, 0.6) is 0 Å².